The Morgan fingerprint density at radius 3 is 2.62 bits per heavy atom. The van der Waals surface area contributed by atoms with E-state index in [-0.39, 0.29) is 11.8 Å². The molecule has 0 saturated carbocycles. The SMILES string of the molecule is CC(=O)NCC1CCN(C(=O)c2ccc(I)c(Cl)c2)CC1. The number of nitrogens with one attached hydrogen (secondary N) is 1. The molecule has 1 aliphatic rings. The first-order valence-corrected chi connectivity index (χ1v) is 8.42. The molecule has 1 aromatic rings. The Kier molecular flexibility index (Phi) is 5.87. The maximum Gasteiger partial charge on any atom is 0.253 e. The number of likely N-dealkylation sites (tertiary alicyclic amines) is 1. The van der Waals surface area contributed by atoms with Crippen molar-refractivity contribution in [3.63, 3.8) is 0 Å². The van der Waals surface area contributed by atoms with Crippen LogP contribution >= 0.6 is 34.2 Å². The molecule has 1 aromatic carbocycles. The van der Waals surface area contributed by atoms with E-state index in [2.05, 4.69) is 27.9 Å². The zero-order valence-corrected chi connectivity index (χ0v) is 14.8. The van der Waals surface area contributed by atoms with E-state index in [0.717, 1.165) is 29.5 Å². The van der Waals surface area contributed by atoms with Crippen LogP contribution in [0.15, 0.2) is 18.2 Å². The fraction of sp³-hybridized carbons (Fsp3) is 0.467. The fourth-order valence-electron chi connectivity index (χ4n) is 2.44. The van der Waals surface area contributed by atoms with Crippen LogP contribution in [0.5, 0.6) is 0 Å². The van der Waals surface area contributed by atoms with Gasteiger partial charge in [0.15, 0.2) is 0 Å². The van der Waals surface area contributed by atoms with E-state index in [9.17, 15) is 9.59 Å². The van der Waals surface area contributed by atoms with Crippen molar-refractivity contribution in [2.45, 2.75) is 19.8 Å². The maximum absolute atomic E-state index is 12.4. The number of benzene rings is 1. The molecule has 0 aromatic heterocycles. The van der Waals surface area contributed by atoms with Crippen molar-refractivity contribution in [2.24, 2.45) is 5.92 Å². The van der Waals surface area contributed by atoms with Gasteiger partial charge in [0.2, 0.25) is 5.91 Å². The Morgan fingerprint density at radius 2 is 2.05 bits per heavy atom. The van der Waals surface area contributed by atoms with Crippen LogP contribution in [-0.2, 0) is 4.79 Å². The van der Waals surface area contributed by atoms with Crippen molar-refractivity contribution in [1.29, 1.82) is 0 Å². The van der Waals surface area contributed by atoms with E-state index >= 15 is 0 Å². The third kappa shape index (κ3) is 4.57. The van der Waals surface area contributed by atoms with Gasteiger partial charge in [0, 0.05) is 35.7 Å². The molecule has 1 N–H and O–H groups in total. The standard InChI is InChI=1S/C15H18ClIN2O2/c1-10(20)18-9-11-4-6-19(7-5-11)15(21)12-2-3-14(17)13(16)8-12/h2-3,8,11H,4-7,9H2,1H3,(H,18,20). The van der Waals surface area contributed by atoms with Gasteiger partial charge in [0.05, 0.1) is 5.02 Å². The molecule has 0 aliphatic carbocycles. The molecule has 1 fully saturated rings. The normalized spacial score (nSPS) is 15.9. The number of carbonyl (C=O) groups excluding carboxylic acids is 2. The highest BCUT2D eigenvalue weighted by molar-refractivity contribution is 14.1. The van der Waals surface area contributed by atoms with Gasteiger partial charge in [0.1, 0.15) is 0 Å². The van der Waals surface area contributed by atoms with Crippen molar-refractivity contribution in [3.05, 3.63) is 32.4 Å². The third-order valence-electron chi connectivity index (χ3n) is 3.71. The molecule has 1 saturated heterocycles. The molecule has 1 heterocycles. The average Bonchev–Trinajstić information content (AvgIpc) is 2.48. The highest BCUT2D eigenvalue weighted by Crippen LogP contribution is 2.22. The summed E-state index contributed by atoms with van der Waals surface area (Å²) in [7, 11) is 0. The van der Waals surface area contributed by atoms with Gasteiger partial charge < -0.3 is 10.2 Å². The van der Waals surface area contributed by atoms with Gasteiger partial charge in [0.25, 0.3) is 5.91 Å². The number of halogens is 2. The lowest BCUT2D eigenvalue weighted by Crippen LogP contribution is -2.41. The van der Waals surface area contributed by atoms with Crippen molar-refractivity contribution in [2.75, 3.05) is 19.6 Å². The highest BCUT2D eigenvalue weighted by atomic mass is 127. The first-order chi connectivity index (χ1) is 9.97. The Morgan fingerprint density at radius 1 is 1.38 bits per heavy atom. The first kappa shape index (κ1) is 16.5. The summed E-state index contributed by atoms with van der Waals surface area (Å²) in [5.74, 6) is 0.492. The van der Waals surface area contributed by atoms with Crippen LogP contribution in [0.3, 0.4) is 0 Å². The molecule has 2 amide bonds. The highest BCUT2D eigenvalue weighted by Gasteiger charge is 2.23. The van der Waals surface area contributed by atoms with E-state index in [1.807, 2.05) is 17.0 Å². The zero-order chi connectivity index (χ0) is 15.4. The molecular weight excluding hydrogens is 403 g/mol. The maximum atomic E-state index is 12.4. The lowest BCUT2D eigenvalue weighted by Gasteiger charge is -2.32. The van der Waals surface area contributed by atoms with Crippen LogP contribution in [-0.4, -0.2) is 36.3 Å². The summed E-state index contributed by atoms with van der Waals surface area (Å²) in [6, 6.07) is 5.41. The van der Waals surface area contributed by atoms with E-state index in [1.165, 1.54) is 6.92 Å². The van der Waals surface area contributed by atoms with Gasteiger partial charge in [-0.05, 0) is 59.5 Å². The van der Waals surface area contributed by atoms with E-state index in [0.29, 0.717) is 23.0 Å². The van der Waals surface area contributed by atoms with Crippen LogP contribution in [0.2, 0.25) is 5.02 Å². The minimum Gasteiger partial charge on any atom is -0.356 e. The summed E-state index contributed by atoms with van der Waals surface area (Å²) in [5.41, 5.74) is 0.640. The lowest BCUT2D eigenvalue weighted by atomic mass is 9.96. The summed E-state index contributed by atoms with van der Waals surface area (Å²) in [6.45, 7) is 3.69. The predicted octanol–water partition coefficient (Wildman–Crippen LogP) is 2.93. The minimum absolute atomic E-state index is 0.00189. The van der Waals surface area contributed by atoms with E-state index in [1.54, 1.807) is 6.07 Å². The fourth-order valence-corrected chi connectivity index (χ4v) is 2.96. The van der Waals surface area contributed by atoms with Crippen molar-refractivity contribution < 1.29 is 9.59 Å². The smallest absolute Gasteiger partial charge is 0.253 e. The molecule has 114 valence electrons. The number of hydrogen-bond donors (Lipinski definition) is 1. The molecule has 21 heavy (non-hydrogen) atoms. The number of carbonyl (C=O) groups is 2. The van der Waals surface area contributed by atoms with Gasteiger partial charge in [-0.25, -0.2) is 0 Å². The molecule has 0 radical (unpaired) electrons. The van der Waals surface area contributed by atoms with Crippen LogP contribution < -0.4 is 5.32 Å². The van der Waals surface area contributed by atoms with E-state index < -0.39 is 0 Å². The van der Waals surface area contributed by atoms with E-state index in [4.69, 9.17) is 11.6 Å². The molecule has 0 unspecified atom stereocenters. The first-order valence-electron chi connectivity index (χ1n) is 6.96. The average molecular weight is 421 g/mol. The molecule has 0 spiro atoms. The monoisotopic (exact) mass is 420 g/mol. The minimum atomic E-state index is 0.00189. The van der Waals surface area contributed by atoms with Crippen LogP contribution in [0, 0.1) is 9.49 Å². The van der Waals surface area contributed by atoms with Crippen LogP contribution in [0.1, 0.15) is 30.1 Å². The summed E-state index contributed by atoms with van der Waals surface area (Å²) in [4.78, 5) is 25.2. The Labute approximate surface area is 143 Å². The van der Waals surface area contributed by atoms with Gasteiger partial charge in [-0.3, -0.25) is 9.59 Å². The van der Waals surface area contributed by atoms with Gasteiger partial charge in [-0.2, -0.15) is 0 Å². The summed E-state index contributed by atoms with van der Waals surface area (Å²) in [6.07, 6.45) is 1.84. The van der Waals surface area contributed by atoms with Crippen molar-refractivity contribution >= 4 is 46.0 Å². The Balaban J connectivity index is 1.90. The zero-order valence-electron chi connectivity index (χ0n) is 11.9. The molecule has 6 heteroatoms. The van der Waals surface area contributed by atoms with Crippen LogP contribution in [0.4, 0.5) is 0 Å². The molecule has 0 bridgehead atoms. The number of amides is 2. The van der Waals surface area contributed by atoms with Gasteiger partial charge >= 0.3 is 0 Å². The van der Waals surface area contributed by atoms with Gasteiger partial charge in [-0.1, -0.05) is 11.6 Å². The second kappa shape index (κ2) is 7.45. The van der Waals surface area contributed by atoms with Gasteiger partial charge in [-0.15, -0.1) is 0 Å². The summed E-state index contributed by atoms with van der Waals surface area (Å²) in [5, 5.41) is 3.46. The molecule has 2 rings (SSSR count). The second-order valence-electron chi connectivity index (χ2n) is 5.30. The largest absolute Gasteiger partial charge is 0.356 e. The van der Waals surface area contributed by atoms with Crippen LogP contribution in [0.25, 0.3) is 0 Å². The third-order valence-corrected chi connectivity index (χ3v) is 5.28. The second-order valence-corrected chi connectivity index (χ2v) is 6.87. The number of piperidine rings is 1. The molecule has 1 aliphatic heterocycles. The summed E-state index contributed by atoms with van der Waals surface area (Å²) >= 11 is 8.22. The Hall–Kier alpha value is -0.820. The number of rotatable bonds is 3. The molecular formula is C15H18ClIN2O2. The van der Waals surface area contributed by atoms with Crippen molar-refractivity contribution in [3.8, 4) is 0 Å². The lowest BCUT2D eigenvalue weighted by molar-refractivity contribution is -0.119. The summed E-state index contributed by atoms with van der Waals surface area (Å²) < 4.78 is 0.944. The quantitative estimate of drug-likeness (QED) is 0.765. The Bertz CT molecular complexity index is 542. The molecule has 0 atom stereocenters. The predicted molar refractivity (Wildman–Crippen MR) is 91.5 cm³/mol. The number of nitrogens with zero attached hydrogens (tertiary/aromatic N) is 1. The molecule has 4 nitrogen and oxygen atoms in total. The number of hydrogen-bond acceptors (Lipinski definition) is 2. The van der Waals surface area contributed by atoms with Crippen molar-refractivity contribution in [1.82, 2.24) is 10.2 Å². The topological polar surface area (TPSA) is 49.4 Å².